The molecule has 0 saturated heterocycles. The third-order valence-corrected chi connectivity index (χ3v) is 7.70. The molecule has 4 heteroatoms. The van der Waals surface area contributed by atoms with Crippen LogP contribution in [0, 0.1) is 45.2 Å². The molecule has 4 aromatic rings. The molecule has 29 heavy (non-hydrogen) atoms. The number of imidazole rings is 1. The number of pyridine rings is 1. The van der Waals surface area contributed by atoms with E-state index in [1.54, 1.807) is 0 Å². The molecule has 2 aromatic heterocycles. The first-order valence-electron chi connectivity index (χ1n) is 9.73. The second kappa shape index (κ2) is 7.77. The molecule has 0 bridgehead atoms. The first-order chi connectivity index (χ1) is 13.8. The fourth-order valence-corrected chi connectivity index (χ4v) is 6.80. The molecule has 2 nitrogen and oxygen atoms in total. The topological polar surface area (TPSA) is 9.34 Å². The van der Waals surface area contributed by atoms with Gasteiger partial charge in [0.25, 0.3) is 0 Å². The van der Waals surface area contributed by atoms with Gasteiger partial charge in [0.05, 0.1) is 0 Å². The van der Waals surface area contributed by atoms with Crippen molar-refractivity contribution < 1.29 is 18.2 Å². The maximum atomic E-state index is 6.66. The number of aryl methyl sites for hydroxylation is 6. The number of fused-ring (bicyclic) bond motifs is 1. The van der Waals surface area contributed by atoms with E-state index < -0.39 is 18.2 Å². The molecule has 0 aliphatic carbocycles. The van der Waals surface area contributed by atoms with Gasteiger partial charge in [-0.1, -0.05) is 0 Å². The van der Waals surface area contributed by atoms with Gasteiger partial charge in [-0.25, -0.2) is 0 Å². The molecule has 0 saturated carbocycles. The van der Waals surface area contributed by atoms with Gasteiger partial charge in [0.2, 0.25) is 0 Å². The summed E-state index contributed by atoms with van der Waals surface area (Å²) in [5, 5.41) is 0. The molecule has 0 radical (unpaired) electrons. The molecule has 0 atom stereocenters. The van der Waals surface area contributed by atoms with Crippen LogP contribution in [0.2, 0.25) is 0 Å². The summed E-state index contributed by atoms with van der Waals surface area (Å²) in [6.07, 6.45) is 2.24. The Hall–Kier alpha value is -1.84. The summed E-state index contributed by atoms with van der Waals surface area (Å²) >= 11 is -0.545. The second-order valence-electron chi connectivity index (χ2n) is 7.98. The van der Waals surface area contributed by atoms with Crippen molar-refractivity contribution in [2.45, 2.75) is 41.5 Å². The van der Waals surface area contributed by atoms with Crippen LogP contribution in [0.15, 0.2) is 48.7 Å². The molecule has 0 unspecified atom stereocenters. The summed E-state index contributed by atoms with van der Waals surface area (Å²) in [6.45, 7) is 13.1. The van der Waals surface area contributed by atoms with Crippen LogP contribution in [0.3, 0.4) is 0 Å². The molecule has 2 aromatic carbocycles. The summed E-state index contributed by atoms with van der Waals surface area (Å²) in [4.78, 5) is 0. The SMILES string of the molecule is Cc1cc(C)c(-c2cccc3cn(-c4c(C)cc(C)cc4C)[c](=[Au][Cl])n23)c(C)c1. The first kappa shape index (κ1) is 20.4. The van der Waals surface area contributed by atoms with Crippen LogP contribution in [0.5, 0.6) is 0 Å². The van der Waals surface area contributed by atoms with Gasteiger partial charge in [0.15, 0.2) is 0 Å². The van der Waals surface area contributed by atoms with E-state index in [0.717, 1.165) is 0 Å². The summed E-state index contributed by atoms with van der Waals surface area (Å²) in [5.74, 6) is 0. The minimum atomic E-state index is -0.545. The van der Waals surface area contributed by atoms with Crippen molar-refractivity contribution in [1.82, 2.24) is 8.97 Å². The van der Waals surface area contributed by atoms with Gasteiger partial charge in [0.1, 0.15) is 0 Å². The van der Waals surface area contributed by atoms with Crippen molar-refractivity contribution in [2.24, 2.45) is 0 Å². The molecule has 0 N–H and O–H groups in total. The molecule has 0 aliphatic rings. The molecule has 0 spiro atoms. The Balaban J connectivity index is 2.12. The predicted molar refractivity (Wildman–Crippen MR) is 120 cm³/mol. The third-order valence-electron chi connectivity index (χ3n) is 5.49. The van der Waals surface area contributed by atoms with E-state index in [-0.39, 0.29) is 0 Å². The summed E-state index contributed by atoms with van der Waals surface area (Å²) in [6, 6.07) is 15.6. The average Bonchev–Trinajstić information content (AvgIpc) is 2.98. The Labute approximate surface area is 185 Å². The second-order valence-corrected chi connectivity index (χ2v) is 10.3. The fourth-order valence-electron chi connectivity index (χ4n) is 4.63. The number of hydrogen-bond donors (Lipinski definition) is 0. The molecule has 0 amide bonds. The van der Waals surface area contributed by atoms with E-state index in [2.05, 4.69) is 99.2 Å². The fraction of sp³-hybridized carbons (Fsp3) is 0.240. The standard InChI is InChI=1S/C25H26N2.Au.ClH/c1-16-10-18(3)24(19(4)11-16)23-9-7-8-22-14-26(15-27(22)23)25-20(5)12-17(2)13-21(25)6;;/h7-14H,1-6H3;;1H/q;+1;/p-1. The number of nitrogens with zero attached hydrogens (tertiary/aromatic N) is 2. The van der Waals surface area contributed by atoms with Crippen LogP contribution >= 0.6 is 9.19 Å². The molecule has 4 rings (SSSR count). The van der Waals surface area contributed by atoms with Crippen LogP contribution in [-0.4, -0.2) is 8.97 Å². The van der Waals surface area contributed by atoms with Gasteiger partial charge in [-0.05, 0) is 0 Å². The van der Waals surface area contributed by atoms with Crippen LogP contribution in [0.4, 0.5) is 0 Å². The third kappa shape index (κ3) is 3.49. The minimum absolute atomic E-state index is 0.545. The zero-order chi connectivity index (χ0) is 20.9. The van der Waals surface area contributed by atoms with Gasteiger partial charge in [-0.2, -0.15) is 0 Å². The van der Waals surface area contributed by atoms with Crippen LogP contribution in [0.25, 0.3) is 22.5 Å². The zero-order valence-corrected chi connectivity index (χ0v) is 20.6. The van der Waals surface area contributed by atoms with Gasteiger partial charge < -0.3 is 0 Å². The Bertz CT molecular complexity index is 1280. The van der Waals surface area contributed by atoms with E-state index in [0.29, 0.717) is 0 Å². The quantitative estimate of drug-likeness (QED) is 0.224. The Kier molecular flexibility index (Phi) is 5.48. The first-order valence-corrected chi connectivity index (χ1v) is 13.5. The Morgan fingerprint density at radius 2 is 1.31 bits per heavy atom. The molecule has 2 heterocycles. The molecular formula is C25H26AuClN2. The number of halogens is 1. The van der Waals surface area contributed by atoms with Crippen molar-refractivity contribution >= 4 is 14.7 Å². The summed E-state index contributed by atoms with van der Waals surface area (Å²) in [5.41, 5.74) is 12.7. The van der Waals surface area contributed by atoms with E-state index in [1.807, 2.05) is 0 Å². The number of hydrogen-bond acceptors (Lipinski definition) is 0. The van der Waals surface area contributed by atoms with Crippen molar-refractivity contribution in [1.29, 1.82) is 0 Å². The number of aromatic nitrogens is 2. The van der Waals surface area contributed by atoms with E-state index in [1.165, 1.54) is 59.5 Å². The monoisotopic (exact) mass is 586 g/mol. The molecule has 0 fully saturated rings. The molecular weight excluding hydrogens is 561 g/mol. The molecule has 154 valence electrons. The van der Waals surface area contributed by atoms with Gasteiger partial charge in [-0.3, -0.25) is 0 Å². The van der Waals surface area contributed by atoms with E-state index in [9.17, 15) is 0 Å². The predicted octanol–water partition coefficient (Wildman–Crippen LogP) is 7.02. The average molecular weight is 587 g/mol. The van der Waals surface area contributed by atoms with Gasteiger partial charge >= 0.3 is 186 Å². The molecule has 0 aliphatic heterocycles. The van der Waals surface area contributed by atoms with Gasteiger partial charge in [-0.15, -0.1) is 0 Å². The van der Waals surface area contributed by atoms with Gasteiger partial charge in [0, 0.05) is 0 Å². The van der Waals surface area contributed by atoms with E-state index >= 15 is 0 Å². The zero-order valence-electron chi connectivity index (χ0n) is 17.7. The summed E-state index contributed by atoms with van der Waals surface area (Å²) < 4.78 is 5.85. The Morgan fingerprint density at radius 3 is 1.86 bits per heavy atom. The van der Waals surface area contributed by atoms with Crippen molar-refractivity contribution in [3.8, 4) is 16.9 Å². The Morgan fingerprint density at radius 1 is 0.759 bits per heavy atom. The van der Waals surface area contributed by atoms with Crippen LogP contribution < -0.4 is 0 Å². The van der Waals surface area contributed by atoms with Crippen molar-refractivity contribution in [3.63, 3.8) is 0 Å². The van der Waals surface area contributed by atoms with E-state index in [4.69, 9.17) is 9.19 Å². The number of rotatable bonds is 2. The van der Waals surface area contributed by atoms with Crippen LogP contribution in [0.1, 0.15) is 33.4 Å². The normalized spacial score (nSPS) is 12.7. The number of benzene rings is 2. The van der Waals surface area contributed by atoms with Crippen molar-refractivity contribution in [3.05, 3.63) is 85.7 Å². The van der Waals surface area contributed by atoms with Crippen LogP contribution in [-0.2, 0) is 18.2 Å². The maximum absolute atomic E-state index is 6.66. The summed E-state index contributed by atoms with van der Waals surface area (Å²) in [7, 11) is 6.66. The van der Waals surface area contributed by atoms with Crippen molar-refractivity contribution in [2.75, 3.05) is 0 Å².